The van der Waals surface area contributed by atoms with Gasteiger partial charge in [-0.2, -0.15) is 0 Å². The van der Waals surface area contributed by atoms with Crippen LogP contribution in [0.4, 0.5) is 0 Å². The fraction of sp³-hybridized carbons (Fsp3) is 0.571. The maximum atomic E-state index is 6.16. The van der Waals surface area contributed by atoms with Gasteiger partial charge >= 0.3 is 0 Å². The summed E-state index contributed by atoms with van der Waals surface area (Å²) in [4.78, 5) is 0. The third kappa shape index (κ3) is 2.93. The van der Waals surface area contributed by atoms with Gasteiger partial charge in [-0.15, -0.1) is 0 Å². The summed E-state index contributed by atoms with van der Waals surface area (Å²) in [6.07, 6.45) is 3.05. The largest absolute Gasteiger partial charge is 0.495 e. The molecule has 2 rings (SSSR count). The van der Waals surface area contributed by atoms with E-state index in [1.807, 2.05) is 12.1 Å². The normalized spacial score (nSPS) is 24.5. The van der Waals surface area contributed by atoms with E-state index >= 15 is 0 Å². The molecule has 0 radical (unpaired) electrons. The number of halogens is 1. The van der Waals surface area contributed by atoms with E-state index in [0.717, 1.165) is 18.6 Å². The molecule has 1 aromatic carbocycles. The van der Waals surface area contributed by atoms with Gasteiger partial charge in [-0.25, -0.2) is 0 Å². The standard InChI is InChI=1S/C14H19ClO2/c1-4-10(8-14-9(2)17-14)11-5-6-13(16-3)12(15)7-11/h5-7,9-10,14H,4,8H2,1-3H3. The Labute approximate surface area is 108 Å². The minimum atomic E-state index is 0.428. The first-order valence-corrected chi connectivity index (χ1v) is 6.52. The Bertz CT molecular complexity index is 392. The predicted octanol–water partition coefficient (Wildman–Crippen LogP) is 4.02. The lowest BCUT2D eigenvalue weighted by Gasteiger charge is -2.15. The molecule has 3 heteroatoms. The smallest absolute Gasteiger partial charge is 0.137 e. The van der Waals surface area contributed by atoms with Crippen molar-refractivity contribution in [2.75, 3.05) is 7.11 Å². The molecule has 0 N–H and O–H groups in total. The number of rotatable bonds is 5. The molecule has 1 aliphatic heterocycles. The molecule has 17 heavy (non-hydrogen) atoms. The third-order valence-corrected chi connectivity index (χ3v) is 3.79. The van der Waals surface area contributed by atoms with Crippen molar-refractivity contribution in [3.63, 3.8) is 0 Å². The van der Waals surface area contributed by atoms with Crippen LogP contribution in [0.25, 0.3) is 0 Å². The molecule has 0 spiro atoms. The lowest BCUT2D eigenvalue weighted by molar-refractivity contribution is 0.357. The van der Waals surface area contributed by atoms with E-state index in [4.69, 9.17) is 21.1 Å². The van der Waals surface area contributed by atoms with Crippen molar-refractivity contribution in [3.05, 3.63) is 28.8 Å². The Balaban J connectivity index is 2.10. The van der Waals surface area contributed by atoms with Crippen LogP contribution in [-0.4, -0.2) is 19.3 Å². The van der Waals surface area contributed by atoms with Gasteiger partial charge < -0.3 is 9.47 Å². The van der Waals surface area contributed by atoms with Crippen LogP contribution in [0.15, 0.2) is 18.2 Å². The number of methoxy groups -OCH3 is 1. The summed E-state index contributed by atoms with van der Waals surface area (Å²) in [5, 5.41) is 0.688. The zero-order valence-electron chi connectivity index (χ0n) is 10.6. The molecule has 94 valence electrons. The van der Waals surface area contributed by atoms with Gasteiger partial charge in [-0.1, -0.05) is 24.6 Å². The Morgan fingerprint density at radius 2 is 2.18 bits per heavy atom. The average Bonchev–Trinajstić information content (AvgIpc) is 3.02. The molecular formula is C14H19ClO2. The van der Waals surface area contributed by atoms with Crippen molar-refractivity contribution in [1.29, 1.82) is 0 Å². The van der Waals surface area contributed by atoms with E-state index in [-0.39, 0.29) is 0 Å². The van der Waals surface area contributed by atoms with E-state index in [0.29, 0.717) is 23.1 Å². The SMILES string of the molecule is CCC(CC1OC1C)c1ccc(OC)c(Cl)c1. The maximum Gasteiger partial charge on any atom is 0.137 e. The zero-order chi connectivity index (χ0) is 12.4. The first-order chi connectivity index (χ1) is 8.15. The molecule has 1 aliphatic rings. The second kappa shape index (κ2) is 5.28. The van der Waals surface area contributed by atoms with Crippen LogP contribution in [0.3, 0.4) is 0 Å². The summed E-state index contributed by atoms with van der Waals surface area (Å²) >= 11 is 6.16. The lowest BCUT2D eigenvalue weighted by atomic mass is 9.91. The summed E-state index contributed by atoms with van der Waals surface area (Å²) in [6.45, 7) is 4.33. The van der Waals surface area contributed by atoms with Gasteiger partial charge in [0.15, 0.2) is 0 Å². The van der Waals surface area contributed by atoms with Crippen LogP contribution >= 0.6 is 11.6 Å². The van der Waals surface area contributed by atoms with Crippen LogP contribution < -0.4 is 4.74 Å². The van der Waals surface area contributed by atoms with E-state index in [9.17, 15) is 0 Å². The van der Waals surface area contributed by atoms with Gasteiger partial charge in [0, 0.05) is 0 Å². The molecule has 1 aromatic rings. The quantitative estimate of drug-likeness (QED) is 0.741. The Morgan fingerprint density at radius 3 is 2.65 bits per heavy atom. The highest BCUT2D eigenvalue weighted by Gasteiger charge is 2.35. The van der Waals surface area contributed by atoms with Crippen molar-refractivity contribution < 1.29 is 9.47 Å². The van der Waals surface area contributed by atoms with Crippen molar-refractivity contribution >= 4 is 11.6 Å². The van der Waals surface area contributed by atoms with E-state index in [2.05, 4.69) is 19.9 Å². The summed E-state index contributed by atoms with van der Waals surface area (Å²) in [6, 6.07) is 6.06. The van der Waals surface area contributed by atoms with E-state index < -0.39 is 0 Å². The fourth-order valence-corrected chi connectivity index (χ4v) is 2.50. The molecule has 0 bridgehead atoms. The van der Waals surface area contributed by atoms with Gasteiger partial charge in [0.05, 0.1) is 24.3 Å². The van der Waals surface area contributed by atoms with Crippen LogP contribution in [0.2, 0.25) is 5.02 Å². The number of hydrogen-bond acceptors (Lipinski definition) is 2. The Morgan fingerprint density at radius 1 is 1.47 bits per heavy atom. The van der Waals surface area contributed by atoms with Gasteiger partial charge in [0.1, 0.15) is 5.75 Å². The minimum absolute atomic E-state index is 0.428. The Kier molecular flexibility index (Phi) is 3.95. The van der Waals surface area contributed by atoms with Crippen LogP contribution in [0, 0.1) is 0 Å². The van der Waals surface area contributed by atoms with Crippen LogP contribution in [0.5, 0.6) is 5.75 Å². The molecule has 1 fully saturated rings. The molecule has 0 aromatic heterocycles. The first-order valence-electron chi connectivity index (χ1n) is 6.14. The van der Waals surface area contributed by atoms with Gasteiger partial charge in [-0.3, -0.25) is 0 Å². The summed E-state index contributed by atoms with van der Waals surface area (Å²) < 4.78 is 10.7. The summed E-state index contributed by atoms with van der Waals surface area (Å²) in [5.74, 6) is 1.26. The molecule has 0 amide bonds. The van der Waals surface area contributed by atoms with Gasteiger partial charge in [0.25, 0.3) is 0 Å². The molecule has 0 saturated carbocycles. The fourth-order valence-electron chi connectivity index (χ4n) is 2.23. The van der Waals surface area contributed by atoms with E-state index in [1.165, 1.54) is 5.56 Å². The molecule has 0 aliphatic carbocycles. The number of hydrogen-bond donors (Lipinski definition) is 0. The average molecular weight is 255 g/mol. The highest BCUT2D eigenvalue weighted by atomic mass is 35.5. The number of ether oxygens (including phenoxy) is 2. The Hall–Kier alpha value is -0.730. The number of benzene rings is 1. The topological polar surface area (TPSA) is 21.8 Å². The molecule has 1 heterocycles. The second-order valence-corrected chi connectivity index (χ2v) is 5.02. The second-order valence-electron chi connectivity index (χ2n) is 4.61. The highest BCUT2D eigenvalue weighted by Crippen LogP contribution is 2.36. The zero-order valence-corrected chi connectivity index (χ0v) is 11.3. The minimum Gasteiger partial charge on any atom is -0.495 e. The highest BCUT2D eigenvalue weighted by molar-refractivity contribution is 6.32. The van der Waals surface area contributed by atoms with Crippen molar-refractivity contribution in [1.82, 2.24) is 0 Å². The third-order valence-electron chi connectivity index (χ3n) is 3.49. The first kappa shape index (κ1) is 12.7. The van der Waals surface area contributed by atoms with Gasteiger partial charge in [-0.05, 0) is 43.4 Å². The van der Waals surface area contributed by atoms with E-state index in [1.54, 1.807) is 7.11 Å². The van der Waals surface area contributed by atoms with Crippen LogP contribution in [-0.2, 0) is 4.74 Å². The van der Waals surface area contributed by atoms with Crippen molar-refractivity contribution in [2.45, 2.75) is 44.8 Å². The molecule has 1 saturated heterocycles. The van der Waals surface area contributed by atoms with Crippen LogP contribution in [0.1, 0.15) is 38.2 Å². The van der Waals surface area contributed by atoms with Gasteiger partial charge in [0.2, 0.25) is 0 Å². The summed E-state index contributed by atoms with van der Waals surface area (Å²) in [5.41, 5.74) is 1.28. The lowest BCUT2D eigenvalue weighted by Crippen LogP contribution is -2.03. The molecule has 3 unspecified atom stereocenters. The maximum absolute atomic E-state index is 6.16. The molecule has 3 atom stereocenters. The monoisotopic (exact) mass is 254 g/mol. The summed E-state index contributed by atoms with van der Waals surface area (Å²) in [7, 11) is 1.64. The van der Waals surface area contributed by atoms with Crippen molar-refractivity contribution in [2.24, 2.45) is 0 Å². The molecular weight excluding hydrogens is 236 g/mol. The number of epoxide rings is 1. The molecule has 2 nitrogen and oxygen atoms in total. The van der Waals surface area contributed by atoms with Crippen molar-refractivity contribution in [3.8, 4) is 5.75 Å². The predicted molar refractivity (Wildman–Crippen MR) is 70.0 cm³/mol.